The predicted molar refractivity (Wildman–Crippen MR) is 133 cm³/mol. The zero-order valence-electron chi connectivity index (χ0n) is 19.0. The highest BCUT2D eigenvalue weighted by molar-refractivity contribution is 6.00. The number of fused-ring (bicyclic) bond motifs is 2. The van der Waals surface area contributed by atoms with Crippen LogP contribution in [0.5, 0.6) is 0 Å². The fraction of sp³-hybridized carbons (Fsp3) is 0.179. The van der Waals surface area contributed by atoms with Crippen LogP contribution in [-0.4, -0.2) is 52.6 Å². The zero-order valence-corrected chi connectivity index (χ0v) is 19.0. The fourth-order valence-corrected chi connectivity index (χ4v) is 5.25. The number of ether oxygens (including phenoxy) is 1. The summed E-state index contributed by atoms with van der Waals surface area (Å²) >= 11 is 0. The van der Waals surface area contributed by atoms with Gasteiger partial charge in [0.25, 0.3) is 0 Å². The number of pyridine rings is 1. The number of hydrogen-bond donors (Lipinski definition) is 1. The second kappa shape index (κ2) is 8.43. The second-order valence-corrected chi connectivity index (χ2v) is 8.80. The van der Waals surface area contributed by atoms with E-state index in [9.17, 15) is 9.59 Å². The highest BCUT2D eigenvalue weighted by Gasteiger charge is 2.58. The Balaban J connectivity index is 1.35. The monoisotopic (exact) mass is 464 g/mol. The minimum Gasteiger partial charge on any atom is -0.431 e. The standard InChI is InChI=1S/C28H24N4O3/c33-26(30-24-15-7-14-23-22(24)13-8-16-29-23)31-17-18-32-25(19-31)28(35-27(32)34,20-9-3-1-4-10-20)21-11-5-2-6-12-21/h1-16,25H,17-19H2,(H,30,33). The first kappa shape index (κ1) is 21.2. The first-order valence-electron chi connectivity index (χ1n) is 11.7. The van der Waals surface area contributed by atoms with E-state index in [4.69, 9.17) is 4.74 Å². The summed E-state index contributed by atoms with van der Waals surface area (Å²) in [4.78, 5) is 34.4. The van der Waals surface area contributed by atoms with E-state index < -0.39 is 5.60 Å². The SMILES string of the molecule is O=C(Nc1cccc2ncccc12)N1CCN2C(=O)OC(c3ccccc3)(c3ccccc3)C2C1. The van der Waals surface area contributed by atoms with Gasteiger partial charge in [0.15, 0.2) is 5.60 Å². The van der Waals surface area contributed by atoms with Crippen molar-refractivity contribution in [3.63, 3.8) is 0 Å². The molecule has 1 aromatic heterocycles. The Morgan fingerprint density at radius 1 is 0.886 bits per heavy atom. The van der Waals surface area contributed by atoms with E-state index >= 15 is 0 Å². The molecule has 1 unspecified atom stereocenters. The molecule has 4 aromatic rings. The van der Waals surface area contributed by atoms with Crippen molar-refractivity contribution in [2.45, 2.75) is 11.6 Å². The summed E-state index contributed by atoms with van der Waals surface area (Å²) in [7, 11) is 0. The van der Waals surface area contributed by atoms with Gasteiger partial charge in [0, 0.05) is 42.3 Å². The van der Waals surface area contributed by atoms with Crippen molar-refractivity contribution in [2.24, 2.45) is 0 Å². The van der Waals surface area contributed by atoms with E-state index in [-0.39, 0.29) is 18.2 Å². The van der Waals surface area contributed by atoms with E-state index in [0.717, 1.165) is 22.0 Å². The van der Waals surface area contributed by atoms with Crippen molar-refractivity contribution in [1.29, 1.82) is 0 Å². The molecular weight excluding hydrogens is 440 g/mol. The number of piperazine rings is 1. The summed E-state index contributed by atoms with van der Waals surface area (Å²) in [5.74, 6) is 0. The Bertz CT molecular complexity index is 1350. The molecule has 7 nitrogen and oxygen atoms in total. The van der Waals surface area contributed by atoms with Crippen LogP contribution in [0.1, 0.15) is 11.1 Å². The lowest BCUT2D eigenvalue weighted by Gasteiger charge is -2.42. The lowest BCUT2D eigenvalue weighted by Crippen LogP contribution is -2.59. The number of nitrogens with zero attached hydrogens (tertiary/aromatic N) is 3. The molecule has 0 saturated carbocycles. The van der Waals surface area contributed by atoms with Gasteiger partial charge < -0.3 is 15.0 Å². The average molecular weight is 465 g/mol. The maximum Gasteiger partial charge on any atom is 0.411 e. The maximum absolute atomic E-state index is 13.4. The molecule has 35 heavy (non-hydrogen) atoms. The van der Waals surface area contributed by atoms with Gasteiger partial charge in [-0.25, -0.2) is 9.59 Å². The Hall–Kier alpha value is -4.39. The molecule has 6 rings (SSSR count). The normalized spacial score (nSPS) is 18.7. The second-order valence-electron chi connectivity index (χ2n) is 8.80. The lowest BCUT2D eigenvalue weighted by atomic mass is 9.79. The van der Waals surface area contributed by atoms with Crippen molar-refractivity contribution in [1.82, 2.24) is 14.8 Å². The van der Waals surface area contributed by atoms with Crippen LogP contribution in [0, 0.1) is 0 Å². The van der Waals surface area contributed by atoms with Gasteiger partial charge in [-0.1, -0.05) is 66.7 Å². The topological polar surface area (TPSA) is 74.8 Å². The number of carbonyl (C=O) groups is 2. The van der Waals surface area contributed by atoms with Crippen molar-refractivity contribution < 1.29 is 14.3 Å². The third-order valence-corrected chi connectivity index (χ3v) is 6.91. The van der Waals surface area contributed by atoms with Gasteiger partial charge in [0.05, 0.1) is 11.2 Å². The highest BCUT2D eigenvalue weighted by atomic mass is 16.6. The molecule has 2 saturated heterocycles. The number of nitrogens with one attached hydrogen (secondary N) is 1. The quantitative estimate of drug-likeness (QED) is 0.471. The summed E-state index contributed by atoms with van der Waals surface area (Å²) in [6.45, 7) is 1.15. The Kier molecular flexibility index (Phi) is 5.10. The highest BCUT2D eigenvalue weighted by Crippen LogP contribution is 2.45. The van der Waals surface area contributed by atoms with Gasteiger partial charge in [-0.3, -0.25) is 9.88 Å². The molecule has 0 spiro atoms. The van der Waals surface area contributed by atoms with Crippen LogP contribution >= 0.6 is 0 Å². The molecule has 2 aliphatic rings. The molecule has 3 aromatic carbocycles. The molecule has 3 heterocycles. The van der Waals surface area contributed by atoms with E-state index in [2.05, 4.69) is 10.3 Å². The Morgan fingerprint density at radius 3 is 2.31 bits per heavy atom. The number of aromatic nitrogens is 1. The largest absolute Gasteiger partial charge is 0.431 e. The maximum atomic E-state index is 13.4. The first-order chi connectivity index (χ1) is 17.2. The molecule has 0 radical (unpaired) electrons. The van der Waals surface area contributed by atoms with Gasteiger partial charge >= 0.3 is 12.1 Å². The number of hydrogen-bond acceptors (Lipinski definition) is 4. The summed E-state index contributed by atoms with van der Waals surface area (Å²) in [5, 5.41) is 3.93. The van der Waals surface area contributed by atoms with Crippen molar-refractivity contribution in [2.75, 3.05) is 25.0 Å². The smallest absolute Gasteiger partial charge is 0.411 e. The Labute approximate surface area is 202 Å². The van der Waals surface area contributed by atoms with Gasteiger partial charge in [-0.15, -0.1) is 0 Å². The lowest BCUT2D eigenvalue weighted by molar-refractivity contribution is 0.0525. The van der Waals surface area contributed by atoms with E-state index in [1.807, 2.05) is 91.0 Å². The minimum absolute atomic E-state index is 0.213. The van der Waals surface area contributed by atoms with E-state index in [1.165, 1.54) is 0 Å². The van der Waals surface area contributed by atoms with Gasteiger partial charge in [0.2, 0.25) is 0 Å². The molecule has 3 amide bonds. The zero-order chi connectivity index (χ0) is 23.8. The van der Waals surface area contributed by atoms with Crippen molar-refractivity contribution >= 4 is 28.7 Å². The third-order valence-electron chi connectivity index (χ3n) is 6.91. The van der Waals surface area contributed by atoms with Crippen LogP contribution in [0.15, 0.2) is 97.2 Å². The third kappa shape index (κ3) is 3.47. The Morgan fingerprint density at radius 2 is 1.60 bits per heavy atom. The fourth-order valence-electron chi connectivity index (χ4n) is 5.25. The number of carbonyl (C=O) groups excluding carboxylic acids is 2. The molecular formula is C28H24N4O3. The molecule has 2 aliphatic heterocycles. The number of rotatable bonds is 3. The number of amides is 3. The number of benzene rings is 3. The minimum atomic E-state index is -1.01. The summed E-state index contributed by atoms with van der Waals surface area (Å²) in [6, 6.07) is 28.4. The molecule has 174 valence electrons. The van der Waals surface area contributed by atoms with E-state index in [0.29, 0.717) is 25.3 Å². The van der Waals surface area contributed by atoms with Crippen LogP contribution in [-0.2, 0) is 10.3 Å². The van der Waals surface area contributed by atoms with E-state index in [1.54, 1.807) is 16.0 Å². The molecule has 1 atom stereocenters. The van der Waals surface area contributed by atoms with Crippen LogP contribution in [0.4, 0.5) is 15.3 Å². The average Bonchev–Trinajstić information content (AvgIpc) is 3.22. The predicted octanol–water partition coefficient (Wildman–Crippen LogP) is 4.85. The van der Waals surface area contributed by atoms with Crippen LogP contribution in [0.25, 0.3) is 10.9 Å². The van der Waals surface area contributed by atoms with Crippen LogP contribution in [0.2, 0.25) is 0 Å². The molecule has 0 aliphatic carbocycles. The number of urea groups is 1. The van der Waals surface area contributed by atoms with Crippen molar-refractivity contribution in [3.8, 4) is 0 Å². The van der Waals surface area contributed by atoms with Gasteiger partial charge in [-0.2, -0.15) is 0 Å². The molecule has 2 fully saturated rings. The summed E-state index contributed by atoms with van der Waals surface area (Å²) in [5.41, 5.74) is 2.28. The number of anilines is 1. The first-order valence-corrected chi connectivity index (χ1v) is 11.7. The van der Waals surface area contributed by atoms with Crippen LogP contribution in [0.3, 0.4) is 0 Å². The summed E-state index contributed by atoms with van der Waals surface area (Å²) < 4.78 is 6.19. The molecule has 7 heteroatoms. The van der Waals surface area contributed by atoms with Gasteiger partial charge in [-0.05, 0) is 24.3 Å². The van der Waals surface area contributed by atoms with Crippen molar-refractivity contribution in [3.05, 3.63) is 108 Å². The van der Waals surface area contributed by atoms with Crippen LogP contribution < -0.4 is 5.32 Å². The summed E-state index contributed by atoms with van der Waals surface area (Å²) in [6.07, 6.45) is 1.37. The van der Waals surface area contributed by atoms with Gasteiger partial charge in [0.1, 0.15) is 6.04 Å². The number of cyclic esters (lactones) is 1. The molecule has 1 N–H and O–H groups in total. The molecule has 0 bridgehead atoms.